The molecule has 0 fully saturated rings. The third kappa shape index (κ3) is 10.2. The van der Waals surface area contributed by atoms with Gasteiger partial charge in [0.1, 0.15) is 8.42 Å². The van der Waals surface area contributed by atoms with Gasteiger partial charge in [0, 0.05) is 11.1 Å². The number of aryl methyl sites for hydroxylation is 4. The Morgan fingerprint density at radius 1 is 0.600 bits per heavy atom. The Morgan fingerprint density at radius 3 is 1.31 bits per heavy atom. The van der Waals surface area contributed by atoms with Gasteiger partial charge in [0.2, 0.25) is 0 Å². The molecule has 0 bridgehead atoms. The number of benzene rings is 2. The molecule has 2 atom stereocenters. The second kappa shape index (κ2) is 18.0. The summed E-state index contributed by atoms with van der Waals surface area (Å²) in [5.74, 6) is -4.12. The van der Waals surface area contributed by atoms with Gasteiger partial charge < -0.3 is 0 Å². The van der Waals surface area contributed by atoms with Crippen molar-refractivity contribution in [2.24, 2.45) is 0 Å². The van der Waals surface area contributed by atoms with Crippen molar-refractivity contribution in [1.82, 2.24) is 19.6 Å². The van der Waals surface area contributed by atoms with Gasteiger partial charge in [0.25, 0.3) is 0 Å². The monoisotopic (exact) mass is 980 g/mol. The van der Waals surface area contributed by atoms with Gasteiger partial charge in [-0.2, -0.15) is 53.4 Å². The van der Waals surface area contributed by atoms with E-state index in [9.17, 15) is 25.9 Å². The summed E-state index contributed by atoms with van der Waals surface area (Å²) in [6.07, 6.45) is -8.54. The lowest BCUT2D eigenvalue weighted by molar-refractivity contribution is -0.153. The molecule has 0 radical (unpaired) electrons. The molecular formula is C45H46F6N4O6S4. The Morgan fingerprint density at radius 2 is 0.969 bits per heavy atom. The summed E-state index contributed by atoms with van der Waals surface area (Å²) in [5, 5.41) is 9.18. The van der Waals surface area contributed by atoms with Crippen LogP contribution < -0.4 is 0 Å². The summed E-state index contributed by atoms with van der Waals surface area (Å²) in [6.45, 7) is 3.97. The minimum atomic E-state index is -4.77. The summed E-state index contributed by atoms with van der Waals surface area (Å²) in [6, 6.07) is 17.5. The second-order valence-electron chi connectivity index (χ2n) is 17.0. The van der Waals surface area contributed by atoms with E-state index in [0.717, 1.165) is 44.9 Å². The van der Waals surface area contributed by atoms with Crippen LogP contribution in [0.4, 0.5) is 26.3 Å². The molecule has 0 aliphatic heterocycles. The van der Waals surface area contributed by atoms with E-state index in [0.29, 0.717) is 69.1 Å². The summed E-state index contributed by atoms with van der Waals surface area (Å²) in [4.78, 5) is 0.840. The van der Waals surface area contributed by atoms with Crippen LogP contribution in [0.1, 0.15) is 113 Å². The largest absolute Gasteiger partial charge is 0.397 e. The zero-order chi connectivity index (χ0) is 46.6. The van der Waals surface area contributed by atoms with Crippen molar-refractivity contribution < 1.29 is 52.3 Å². The SMILES string of the molecule is Cc1ccc(Cn2nc(C(CCCCCC(c3nn(Cc4ccc(C)cc4)c4c3CCCc3cc(S(=O)(=O)O)sc3-4)C(F)(F)F)C(F)(F)F)c3c2-c2sc(S(=O)(=O)O)cc2CCC3)cc1. The number of alkyl halides is 6. The predicted octanol–water partition coefficient (Wildman–Crippen LogP) is 11.7. The molecule has 4 aromatic heterocycles. The molecule has 10 nitrogen and oxygen atoms in total. The molecule has 2 unspecified atom stereocenters. The normalized spacial score (nSPS) is 15.4. The van der Waals surface area contributed by atoms with Crippen LogP contribution in [-0.2, 0) is 59.0 Å². The van der Waals surface area contributed by atoms with E-state index < -0.39 is 57.3 Å². The van der Waals surface area contributed by atoms with Crippen LogP contribution in [0.25, 0.3) is 21.1 Å². The first-order chi connectivity index (χ1) is 30.6. The zero-order valence-corrected chi connectivity index (χ0v) is 38.6. The van der Waals surface area contributed by atoms with Gasteiger partial charge >= 0.3 is 32.6 Å². The number of rotatable bonds is 14. The number of nitrogens with zero attached hydrogens (tertiary/aromatic N) is 4. The molecule has 2 aromatic carbocycles. The van der Waals surface area contributed by atoms with Crippen molar-refractivity contribution in [3.8, 4) is 21.1 Å². The molecule has 20 heteroatoms. The predicted molar refractivity (Wildman–Crippen MR) is 236 cm³/mol. The third-order valence-corrected chi connectivity index (χ3v) is 17.2. The first-order valence-corrected chi connectivity index (χ1v) is 25.7. The van der Waals surface area contributed by atoms with Crippen LogP contribution >= 0.6 is 22.7 Å². The molecule has 0 spiro atoms. The van der Waals surface area contributed by atoms with Crippen LogP contribution in [0.15, 0.2) is 69.1 Å². The molecule has 4 heterocycles. The average molecular weight is 981 g/mol. The fraction of sp³-hybridized carbons (Fsp3) is 0.422. The summed E-state index contributed by atoms with van der Waals surface area (Å²) < 4.78 is 162. The quantitative estimate of drug-likeness (QED) is 0.0624. The van der Waals surface area contributed by atoms with Gasteiger partial charge in [-0.15, -0.1) is 22.7 Å². The van der Waals surface area contributed by atoms with Crippen molar-refractivity contribution in [3.63, 3.8) is 0 Å². The van der Waals surface area contributed by atoms with E-state index >= 15 is 26.3 Å². The van der Waals surface area contributed by atoms with Crippen LogP contribution in [0.5, 0.6) is 0 Å². The molecule has 0 saturated carbocycles. The Labute approximate surface area is 380 Å². The maximum absolute atomic E-state index is 15.2. The fourth-order valence-electron chi connectivity index (χ4n) is 9.09. The maximum Gasteiger partial charge on any atom is 0.397 e. The highest BCUT2D eigenvalue weighted by Crippen LogP contribution is 2.49. The van der Waals surface area contributed by atoms with E-state index in [2.05, 4.69) is 10.2 Å². The average Bonchev–Trinajstić information content (AvgIpc) is 3.94. The molecule has 2 N–H and O–H groups in total. The molecule has 8 rings (SSSR count). The van der Waals surface area contributed by atoms with Crippen molar-refractivity contribution in [2.75, 3.05) is 0 Å². The Hall–Kier alpha value is -4.34. The first kappa shape index (κ1) is 47.2. The van der Waals surface area contributed by atoms with Gasteiger partial charge in [0.05, 0.1) is 57.5 Å². The maximum atomic E-state index is 15.2. The van der Waals surface area contributed by atoms with Gasteiger partial charge in [0.15, 0.2) is 0 Å². The lowest BCUT2D eigenvalue weighted by Gasteiger charge is -2.21. The Balaban J connectivity index is 1.08. The molecule has 0 saturated heterocycles. The summed E-state index contributed by atoms with van der Waals surface area (Å²) in [5.41, 5.74) is 5.60. The summed E-state index contributed by atoms with van der Waals surface area (Å²) >= 11 is 1.57. The number of thiophene rings is 2. The lowest BCUT2D eigenvalue weighted by Crippen LogP contribution is -2.23. The van der Waals surface area contributed by atoms with Crippen molar-refractivity contribution >= 4 is 42.9 Å². The molecule has 348 valence electrons. The van der Waals surface area contributed by atoms with E-state index in [1.807, 2.05) is 62.4 Å². The van der Waals surface area contributed by atoms with Crippen molar-refractivity contribution in [2.45, 2.75) is 130 Å². The highest BCUT2D eigenvalue weighted by Gasteiger charge is 2.46. The molecule has 2 aliphatic rings. The Bertz CT molecular complexity index is 2730. The first-order valence-electron chi connectivity index (χ1n) is 21.2. The minimum Gasteiger partial charge on any atom is -0.281 e. The number of aromatic nitrogens is 4. The van der Waals surface area contributed by atoms with Gasteiger partial charge in [-0.25, -0.2) is 0 Å². The lowest BCUT2D eigenvalue weighted by atomic mass is 9.90. The fourth-order valence-corrected chi connectivity index (χ4v) is 13.1. The smallest absolute Gasteiger partial charge is 0.281 e. The molecule has 2 aliphatic carbocycles. The highest BCUT2D eigenvalue weighted by atomic mass is 32.3. The number of halogens is 6. The van der Waals surface area contributed by atoms with Crippen LogP contribution in [0, 0.1) is 13.8 Å². The topological polar surface area (TPSA) is 144 Å². The highest BCUT2D eigenvalue weighted by molar-refractivity contribution is 7.88. The van der Waals surface area contributed by atoms with Gasteiger partial charge in [-0.3, -0.25) is 18.5 Å². The van der Waals surface area contributed by atoms with Crippen molar-refractivity contribution in [1.29, 1.82) is 0 Å². The number of hydrogen-bond donors (Lipinski definition) is 2. The Kier molecular flexibility index (Phi) is 13.1. The van der Waals surface area contributed by atoms with Crippen LogP contribution in [0.3, 0.4) is 0 Å². The number of hydrogen-bond acceptors (Lipinski definition) is 8. The van der Waals surface area contributed by atoms with E-state index in [1.165, 1.54) is 21.5 Å². The molecule has 65 heavy (non-hydrogen) atoms. The van der Waals surface area contributed by atoms with Crippen LogP contribution in [0.2, 0.25) is 0 Å². The molecular weight excluding hydrogens is 935 g/mol. The van der Waals surface area contributed by atoms with E-state index in [1.54, 1.807) is 0 Å². The number of fused-ring (bicyclic) bond motifs is 6. The zero-order valence-electron chi connectivity index (χ0n) is 35.3. The second-order valence-corrected chi connectivity index (χ2v) is 22.4. The van der Waals surface area contributed by atoms with E-state index in [-0.39, 0.29) is 65.0 Å². The van der Waals surface area contributed by atoms with Gasteiger partial charge in [-0.1, -0.05) is 78.9 Å². The molecule has 6 aromatic rings. The molecule has 0 amide bonds. The minimum absolute atomic E-state index is 0.0390. The number of unbranched alkanes of at least 4 members (excludes halogenated alkanes) is 2. The third-order valence-electron chi connectivity index (χ3n) is 12.3. The standard InChI is InChI=1S/C45H46F6N4O6S4/c1-26-14-18-28(19-15-26)24-54-40-32(10-6-8-30-22-36(62-42(30)40)64(56,57)58)38(52-54)34(44(46,47)48)12-4-3-5-13-35(45(49,50)51)39-33-11-7-9-31-23-37(65(59,60)61)63-43(31)41(33)55(53-39)25-29-20-16-27(2)17-21-29/h14-23,34-35H,3-13,24-25H2,1-2H3,(H,56,57,58)(H,59,60,61). The summed E-state index contributed by atoms with van der Waals surface area (Å²) in [7, 11) is -9.20. The van der Waals surface area contributed by atoms with E-state index in [4.69, 9.17) is 0 Å². The van der Waals surface area contributed by atoms with Gasteiger partial charge in [-0.05, 0) is 99.6 Å². The van der Waals surface area contributed by atoms with Crippen molar-refractivity contribution in [3.05, 3.63) is 117 Å². The van der Waals surface area contributed by atoms with Crippen LogP contribution in [-0.4, -0.2) is 57.9 Å².